The molecule has 0 bridgehead atoms. The van der Waals surface area contributed by atoms with Crippen molar-refractivity contribution in [3.05, 3.63) is 64.1 Å². The Labute approximate surface area is 140 Å². The molecule has 4 heteroatoms. The van der Waals surface area contributed by atoms with Gasteiger partial charge in [-0.1, -0.05) is 46.3 Å². The van der Waals surface area contributed by atoms with Crippen molar-refractivity contribution in [3.63, 3.8) is 0 Å². The van der Waals surface area contributed by atoms with Crippen molar-refractivity contribution in [2.45, 2.75) is 6.42 Å². The number of nitrogens with one attached hydrogen (secondary N) is 1. The fourth-order valence-corrected chi connectivity index (χ4v) is 2.58. The van der Waals surface area contributed by atoms with Crippen LogP contribution >= 0.6 is 15.9 Å². The minimum atomic E-state index is 0.0389. The zero-order valence-corrected chi connectivity index (χ0v) is 14.6. The Morgan fingerprint density at radius 2 is 1.86 bits per heavy atom. The fourth-order valence-electron chi connectivity index (χ4n) is 2.22. The van der Waals surface area contributed by atoms with E-state index in [-0.39, 0.29) is 5.78 Å². The van der Waals surface area contributed by atoms with E-state index in [1.54, 1.807) is 0 Å². The molecule has 0 aliphatic heterocycles. The highest BCUT2D eigenvalue weighted by atomic mass is 79.9. The third-order valence-electron chi connectivity index (χ3n) is 3.36. The van der Waals surface area contributed by atoms with Crippen molar-refractivity contribution in [3.8, 4) is 0 Å². The van der Waals surface area contributed by atoms with Gasteiger partial charge in [0.1, 0.15) is 0 Å². The molecule has 22 heavy (non-hydrogen) atoms. The first-order valence-corrected chi connectivity index (χ1v) is 8.15. The van der Waals surface area contributed by atoms with Gasteiger partial charge < -0.3 is 10.2 Å². The molecule has 0 saturated carbocycles. The molecule has 0 spiro atoms. The third-order valence-corrected chi connectivity index (χ3v) is 3.85. The average Bonchev–Trinajstić information content (AvgIpc) is 2.52. The first-order chi connectivity index (χ1) is 10.6. The summed E-state index contributed by atoms with van der Waals surface area (Å²) in [6.45, 7) is 1.86. The van der Waals surface area contributed by atoms with Crippen molar-refractivity contribution >= 4 is 27.4 Å². The summed E-state index contributed by atoms with van der Waals surface area (Å²) in [7, 11) is 4.12. The minimum absolute atomic E-state index is 0.0389. The van der Waals surface area contributed by atoms with E-state index in [0.717, 1.165) is 29.7 Å². The summed E-state index contributed by atoms with van der Waals surface area (Å²) in [6, 6.07) is 15.2. The van der Waals surface area contributed by atoms with Crippen LogP contribution in [0.2, 0.25) is 0 Å². The zero-order chi connectivity index (χ0) is 15.9. The molecule has 0 aliphatic rings. The SMILES string of the molecule is CN(C)CCCNc1ccc(Br)cc1C(=O)c1ccccc1. The minimum Gasteiger partial charge on any atom is -0.384 e. The second kappa shape index (κ2) is 8.11. The monoisotopic (exact) mass is 360 g/mol. The number of halogens is 1. The number of nitrogens with zero attached hydrogens (tertiary/aromatic N) is 1. The Morgan fingerprint density at radius 1 is 1.14 bits per heavy atom. The Balaban J connectivity index is 2.16. The summed E-state index contributed by atoms with van der Waals surface area (Å²) in [5.74, 6) is 0.0389. The van der Waals surface area contributed by atoms with Gasteiger partial charge >= 0.3 is 0 Å². The second-order valence-electron chi connectivity index (χ2n) is 5.47. The van der Waals surface area contributed by atoms with E-state index in [9.17, 15) is 4.79 Å². The van der Waals surface area contributed by atoms with E-state index in [0.29, 0.717) is 11.1 Å². The summed E-state index contributed by atoms with van der Waals surface area (Å²) in [5.41, 5.74) is 2.29. The average molecular weight is 361 g/mol. The van der Waals surface area contributed by atoms with Gasteiger partial charge in [0.05, 0.1) is 0 Å². The molecule has 0 heterocycles. The molecule has 0 aliphatic carbocycles. The van der Waals surface area contributed by atoms with Gasteiger partial charge in [0, 0.05) is 27.8 Å². The van der Waals surface area contributed by atoms with Crippen LogP contribution in [0.15, 0.2) is 53.0 Å². The molecule has 3 nitrogen and oxygen atoms in total. The Hall–Kier alpha value is -1.65. The summed E-state index contributed by atoms with van der Waals surface area (Å²) >= 11 is 3.45. The number of carbonyl (C=O) groups excluding carboxylic acids is 1. The standard InChI is InChI=1S/C18H21BrN2O/c1-21(2)12-6-11-20-17-10-9-15(19)13-16(17)18(22)14-7-4-3-5-8-14/h3-5,7-10,13,20H,6,11-12H2,1-2H3. The highest BCUT2D eigenvalue weighted by molar-refractivity contribution is 9.10. The molecule has 1 N–H and O–H groups in total. The summed E-state index contributed by atoms with van der Waals surface area (Å²) in [6.07, 6.45) is 1.03. The highest BCUT2D eigenvalue weighted by Crippen LogP contribution is 2.24. The molecule has 2 aromatic rings. The molecule has 0 radical (unpaired) electrons. The number of benzene rings is 2. The lowest BCUT2D eigenvalue weighted by atomic mass is 10.0. The lowest BCUT2D eigenvalue weighted by Gasteiger charge is -2.14. The molecule has 0 atom stereocenters. The van der Waals surface area contributed by atoms with Crippen LogP contribution in [0.1, 0.15) is 22.3 Å². The first-order valence-electron chi connectivity index (χ1n) is 7.36. The predicted octanol–water partition coefficient (Wildman–Crippen LogP) is 4.04. The lowest BCUT2D eigenvalue weighted by molar-refractivity contribution is 0.103. The van der Waals surface area contributed by atoms with Crippen LogP contribution in [-0.4, -0.2) is 37.9 Å². The van der Waals surface area contributed by atoms with Crippen LogP contribution in [-0.2, 0) is 0 Å². The lowest BCUT2D eigenvalue weighted by Crippen LogP contribution is -2.17. The molecule has 0 unspecified atom stereocenters. The van der Waals surface area contributed by atoms with Crippen molar-refractivity contribution in [1.82, 2.24) is 4.90 Å². The van der Waals surface area contributed by atoms with Gasteiger partial charge in [-0.15, -0.1) is 0 Å². The second-order valence-corrected chi connectivity index (χ2v) is 6.38. The third kappa shape index (κ3) is 4.68. The van der Waals surface area contributed by atoms with E-state index in [2.05, 4.69) is 40.2 Å². The predicted molar refractivity (Wildman–Crippen MR) is 95.7 cm³/mol. The molecule has 0 amide bonds. The Kier molecular flexibility index (Phi) is 6.16. The quantitative estimate of drug-likeness (QED) is 0.597. The molecule has 0 fully saturated rings. The van der Waals surface area contributed by atoms with Gasteiger partial charge in [-0.05, 0) is 45.3 Å². The van der Waals surface area contributed by atoms with Gasteiger partial charge in [0.15, 0.2) is 5.78 Å². The van der Waals surface area contributed by atoms with Gasteiger partial charge in [-0.2, -0.15) is 0 Å². The van der Waals surface area contributed by atoms with Crippen molar-refractivity contribution in [2.75, 3.05) is 32.5 Å². The largest absolute Gasteiger partial charge is 0.384 e. The molecule has 2 rings (SSSR count). The van der Waals surface area contributed by atoms with Crippen LogP contribution < -0.4 is 5.32 Å². The smallest absolute Gasteiger partial charge is 0.195 e. The van der Waals surface area contributed by atoms with Crippen molar-refractivity contribution in [2.24, 2.45) is 0 Å². The maximum absolute atomic E-state index is 12.7. The van der Waals surface area contributed by atoms with Crippen LogP contribution in [0.4, 0.5) is 5.69 Å². The first kappa shape index (κ1) is 16.7. The van der Waals surface area contributed by atoms with E-state index in [4.69, 9.17) is 0 Å². The molecule has 116 valence electrons. The van der Waals surface area contributed by atoms with E-state index in [1.807, 2.05) is 48.5 Å². The molecule has 0 saturated heterocycles. The van der Waals surface area contributed by atoms with Gasteiger partial charge in [-0.25, -0.2) is 0 Å². The summed E-state index contributed by atoms with van der Waals surface area (Å²) < 4.78 is 0.908. The number of hydrogen-bond acceptors (Lipinski definition) is 3. The normalized spacial score (nSPS) is 10.7. The van der Waals surface area contributed by atoms with Gasteiger partial charge in [0.2, 0.25) is 0 Å². The maximum atomic E-state index is 12.7. The summed E-state index contributed by atoms with van der Waals surface area (Å²) in [4.78, 5) is 14.8. The van der Waals surface area contributed by atoms with E-state index >= 15 is 0 Å². The number of hydrogen-bond donors (Lipinski definition) is 1. The molecule has 0 aromatic heterocycles. The van der Waals surface area contributed by atoms with Crippen molar-refractivity contribution in [1.29, 1.82) is 0 Å². The molecule has 2 aromatic carbocycles. The van der Waals surface area contributed by atoms with Crippen LogP contribution in [0.3, 0.4) is 0 Å². The molecular weight excluding hydrogens is 340 g/mol. The van der Waals surface area contributed by atoms with Crippen LogP contribution in [0, 0.1) is 0 Å². The summed E-state index contributed by atoms with van der Waals surface area (Å²) in [5, 5.41) is 3.38. The number of carbonyl (C=O) groups is 1. The Morgan fingerprint density at radius 3 is 2.55 bits per heavy atom. The maximum Gasteiger partial charge on any atom is 0.195 e. The van der Waals surface area contributed by atoms with Gasteiger partial charge in [0.25, 0.3) is 0 Å². The van der Waals surface area contributed by atoms with Crippen LogP contribution in [0.25, 0.3) is 0 Å². The number of anilines is 1. The van der Waals surface area contributed by atoms with Crippen molar-refractivity contribution < 1.29 is 4.79 Å². The van der Waals surface area contributed by atoms with Gasteiger partial charge in [-0.3, -0.25) is 4.79 Å². The number of ketones is 1. The number of rotatable bonds is 7. The highest BCUT2D eigenvalue weighted by Gasteiger charge is 2.13. The fraction of sp³-hybridized carbons (Fsp3) is 0.278. The van der Waals surface area contributed by atoms with E-state index in [1.165, 1.54) is 0 Å². The Bertz CT molecular complexity index is 626. The zero-order valence-electron chi connectivity index (χ0n) is 13.0. The topological polar surface area (TPSA) is 32.3 Å². The molecular formula is C18H21BrN2O. The van der Waals surface area contributed by atoms with E-state index < -0.39 is 0 Å². The van der Waals surface area contributed by atoms with Crippen LogP contribution in [0.5, 0.6) is 0 Å².